The van der Waals surface area contributed by atoms with Crippen LogP contribution in [0.4, 0.5) is 0 Å². The number of para-hydroxylation sites is 1. The van der Waals surface area contributed by atoms with E-state index in [1.54, 1.807) is 39.0 Å². The molecule has 16 nitrogen and oxygen atoms in total. The lowest BCUT2D eigenvalue weighted by Gasteiger charge is -2.48. The summed E-state index contributed by atoms with van der Waals surface area (Å²) in [7, 11) is 5.29. The van der Waals surface area contributed by atoms with Crippen molar-refractivity contribution in [2.45, 2.75) is 183 Å². The first-order valence-electron chi connectivity index (χ1n) is 26.1. The second kappa shape index (κ2) is 24.5. The first kappa shape index (κ1) is 59.6. The molecule has 7 rings (SSSR count). The number of fused-ring (bicyclic) bond motifs is 5. The molecule has 6 N–H and O–H groups in total. The second-order valence-corrected chi connectivity index (χ2v) is 25.1. The summed E-state index contributed by atoms with van der Waals surface area (Å²) < 4.78 is 43.3. The number of rotatable bonds is 12. The summed E-state index contributed by atoms with van der Waals surface area (Å²) in [6.07, 6.45) is -7.22. The molecule has 4 aliphatic heterocycles. The van der Waals surface area contributed by atoms with Gasteiger partial charge in [0, 0.05) is 76.1 Å². The molecule has 0 amide bonds. The minimum absolute atomic E-state index is 0.107. The number of likely N-dealkylation sites (N-methyl/N-ethyl adjacent to an activating group) is 1. The normalized spacial score (nSPS) is 38.6. The van der Waals surface area contributed by atoms with Crippen molar-refractivity contribution in [2.75, 3.05) is 40.8 Å². The number of cyclic esters (lactones) is 1. The van der Waals surface area contributed by atoms with Crippen LogP contribution >= 0.6 is 45.5 Å². The van der Waals surface area contributed by atoms with Gasteiger partial charge in [-0.25, -0.2) is 0 Å². The van der Waals surface area contributed by atoms with Crippen molar-refractivity contribution in [3.05, 3.63) is 58.4 Å². The number of thiophene rings is 1. The number of aliphatic hydroxyl groups excluding tert-OH is 3. The SMILES string of the molecule is CO[C@]1(C)C[C@H](O[C@H]2C(C)[C@@H](O[C@@H]3O[C@H](C)C[C@H](N(C)C)[C@H]3O)[C@](C)(O)C[C@@H](C)CN(CCCNCc3cc4c(s3)-c3cc(Cl)ccc3Oc3ccccc3-4)[C@H](C)[C@@H](O)[C@](C)(O)[C@@H](I)OC(=O)[C@@H]2C)O[C@@H](C)[C@@H]1O. The van der Waals surface area contributed by atoms with Crippen LogP contribution in [0.1, 0.15) is 92.9 Å². The molecule has 0 bridgehead atoms. The molecule has 2 aromatic carbocycles. The zero-order chi connectivity index (χ0) is 54.2. The number of nitrogens with zero attached hydrogens (tertiary/aromatic N) is 2. The Morgan fingerprint density at radius 2 is 1.62 bits per heavy atom. The predicted octanol–water partition coefficient (Wildman–Crippen LogP) is 7.59. The summed E-state index contributed by atoms with van der Waals surface area (Å²) in [5.41, 5.74) is -1.56. The maximum atomic E-state index is 14.5. The number of ether oxygens (including phenoxy) is 7. The number of nitrogens with one attached hydrogen (secondary N) is 1. The fourth-order valence-electron chi connectivity index (χ4n) is 11.5. The van der Waals surface area contributed by atoms with E-state index in [-0.39, 0.29) is 30.9 Å². The topological polar surface area (TPSA) is 201 Å². The van der Waals surface area contributed by atoms with Crippen molar-refractivity contribution >= 4 is 51.5 Å². The average molecular weight is 1190 g/mol. The molecular formula is C55H81ClIN3O13S. The number of carbonyl (C=O) groups excluding carboxylic acids is 1. The van der Waals surface area contributed by atoms with Gasteiger partial charge in [-0.05, 0) is 154 Å². The molecule has 3 fully saturated rings. The predicted molar refractivity (Wildman–Crippen MR) is 293 cm³/mol. The van der Waals surface area contributed by atoms with Crippen molar-refractivity contribution in [3.63, 3.8) is 0 Å². The van der Waals surface area contributed by atoms with Gasteiger partial charge in [-0.15, -0.1) is 11.3 Å². The van der Waals surface area contributed by atoms with Crippen LogP contribution in [-0.4, -0.2) is 170 Å². The lowest BCUT2D eigenvalue weighted by atomic mass is 9.77. The van der Waals surface area contributed by atoms with Crippen LogP contribution in [-0.2, 0) is 39.8 Å². The zero-order valence-electron chi connectivity index (χ0n) is 45.0. The second-order valence-electron chi connectivity index (χ2n) is 22.4. The number of methoxy groups -OCH3 is 1. The van der Waals surface area contributed by atoms with Crippen molar-refractivity contribution in [3.8, 4) is 33.1 Å². The molecule has 1 aromatic heterocycles. The number of benzene rings is 2. The van der Waals surface area contributed by atoms with E-state index in [2.05, 4.69) is 22.3 Å². The van der Waals surface area contributed by atoms with Crippen molar-refractivity contribution in [2.24, 2.45) is 17.8 Å². The van der Waals surface area contributed by atoms with Gasteiger partial charge in [0.1, 0.15) is 35.4 Å². The first-order valence-corrected chi connectivity index (χ1v) is 28.5. The summed E-state index contributed by atoms with van der Waals surface area (Å²) in [4.78, 5) is 20.8. The van der Waals surface area contributed by atoms with Gasteiger partial charge in [-0.3, -0.25) is 9.69 Å². The number of esters is 1. The quantitative estimate of drug-likeness (QED) is 0.0351. The third kappa shape index (κ3) is 13.1. The number of halogens is 2. The Morgan fingerprint density at radius 3 is 2.32 bits per heavy atom. The molecule has 1 unspecified atom stereocenters. The summed E-state index contributed by atoms with van der Waals surface area (Å²) in [6.45, 7) is 18.1. The van der Waals surface area contributed by atoms with Crippen LogP contribution in [0, 0.1) is 17.8 Å². The smallest absolute Gasteiger partial charge is 0.312 e. The van der Waals surface area contributed by atoms with Crippen molar-refractivity contribution in [1.82, 2.24) is 15.1 Å². The summed E-state index contributed by atoms with van der Waals surface area (Å²) in [6, 6.07) is 15.0. The van der Waals surface area contributed by atoms with Crippen LogP contribution in [0.15, 0.2) is 48.5 Å². The van der Waals surface area contributed by atoms with E-state index in [9.17, 15) is 30.3 Å². The molecule has 74 heavy (non-hydrogen) atoms. The van der Waals surface area contributed by atoms with E-state index < -0.39 is 94.0 Å². The summed E-state index contributed by atoms with van der Waals surface area (Å²) in [5, 5.41) is 64.4. The maximum Gasteiger partial charge on any atom is 0.312 e. The summed E-state index contributed by atoms with van der Waals surface area (Å²) >= 11 is 10.1. The van der Waals surface area contributed by atoms with Crippen molar-refractivity contribution < 1.29 is 63.5 Å². The van der Waals surface area contributed by atoms with Crippen molar-refractivity contribution in [1.29, 1.82) is 0 Å². The Morgan fingerprint density at radius 1 is 0.919 bits per heavy atom. The molecule has 18 atom stereocenters. The minimum Gasteiger partial charge on any atom is -0.456 e. The average Bonchev–Trinajstić information content (AvgIpc) is 3.72. The molecular weight excluding hydrogens is 1110 g/mol. The molecule has 0 radical (unpaired) electrons. The molecule has 5 heterocycles. The summed E-state index contributed by atoms with van der Waals surface area (Å²) in [5.74, 6) is -1.29. The molecule has 414 valence electrons. The van der Waals surface area contributed by atoms with Gasteiger partial charge in [-0.1, -0.05) is 43.6 Å². The van der Waals surface area contributed by atoms with Gasteiger partial charge in [0.15, 0.2) is 16.7 Å². The lowest BCUT2D eigenvalue weighted by molar-refractivity contribution is -0.317. The number of hydrogen-bond acceptors (Lipinski definition) is 17. The highest BCUT2D eigenvalue weighted by atomic mass is 127. The van der Waals surface area contributed by atoms with Gasteiger partial charge in [0.25, 0.3) is 0 Å². The molecule has 19 heteroatoms. The van der Waals surface area contributed by atoms with E-state index in [4.69, 9.17) is 44.8 Å². The molecule has 0 aliphatic carbocycles. The van der Waals surface area contributed by atoms with Gasteiger partial charge in [0.05, 0.1) is 41.5 Å². The highest BCUT2D eigenvalue weighted by Crippen LogP contribution is 2.51. The Balaban J connectivity index is 1.15. The monoisotopic (exact) mass is 1190 g/mol. The van der Waals surface area contributed by atoms with E-state index >= 15 is 0 Å². The Labute approximate surface area is 460 Å². The maximum absolute atomic E-state index is 14.5. The Kier molecular flexibility index (Phi) is 19.7. The molecule has 4 aliphatic rings. The number of alkyl halides is 1. The molecule has 0 saturated carbocycles. The van der Waals surface area contributed by atoms with E-state index in [0.29, 0.717) is 44.0 Å². The van der Waals surface area contributed by atoms with Gasteiger partial charge in [-0.2, -0.15) is 0 Å². The number of carbonyl (C=O) groups is 1. The number of hydrogen-bond donors (Lipinski definition) is 6. The van der Waals surface area contributed by atoms with Crippen LogP contribution in [0.25, 0.3) is 21.6 Å². The highest BCUT2D eigenvalue weighted by Gasteiger charge is 2.53. The molecule has 3 saturated heterocycles. The lowest BCUT2D eigenvalue weighted by Crippen LogP contribution is -2.60. The highest BCUT2D eigenvalue weighted by molar-refractivity contribution is 14.1. The van der Waals surface area contributed by atoms with Crippen LogP contribution in [0.5, 0.6) is 11.5 Å². The zero-order valence-corrected chi connectivity index (χ0v) is 48.7. The van der Waals surface area contributed by atoms with E-state index in [0.717, 1.165) is 37.9 Å². The van der Waals surface area contributed by atoms with Crippen LogP contribution in [0.3, 0.4) is 0 Å². The van der Waals surface area contributed by atoms with Gasteiger partial charge >= 0.3 is 5.97 Å². The molecule has 3 aromatic rings. The first-order chi connectivity index (χ1) is 34.8. The van der Waals surface area contributed by atoms with Gasteiger partial charge < -0.3 is 68.9 Å². The molecule has 0 spiro atoms. The van der Waals surface area contributed by atoms with E-state index in [1.807, 2.05) is 106 Å². The third-order valence-corrected chi connectivity index (χ3v) is 18.8. The van der Waals surface area contributed by atoms with Gasteiger partial charge in [0.2, 0.25) is 0 Å². The van der Waals surface area contributed by atoms with Crippen LogP contribution in [0.2, 0.25) is 5.02 Å². The van der Waals surface area contributed by atoms with Crippen LogP contribution < -0.4 is 10.1 Å². The minimum atomic E-state index is -1.91. The Bertz CT molecular complexity index is 2360. The third-order valence-electron chi connectivity index (χ3n) is 15.9. The fourth-order valence-corrected chi connectivity index (χ4v) is 13.5. The van der Waals surface area contributed by atoms with E-state index in [1.165, 1.54) is 14.0 Å². The fraction of sp³-hybridized carbons (Fsp3) is 0.691. The number of aliphatic hydroxyl groups is 5. The standard InChI is InChI=1S/C55H81ClIN3O13S/c1-29-25-53(7,65)49(72-51-44(61)40(59(10)11)22-30(2)68-51)31(3)45(71-43-26-54(8,67-12)48(63)34(6)69-43)32(4)50(64)73-52(57)55(9,66)47(62)33(5)60(28-29)21-15-20-58-27-36-24-38-37-16-13-14-17-41(37)70-42-19-18-35(56)23-39(42)46(38)74-36/h13-14,16-19,23-24,29-34,40,43-45,47-49,51-52,58,61-63,65-66H,15,20-22,25-28H2,1-12H3/t29-,30-,31?,32-,33-,34+,40+,43+,44-,45+,47-,48+,49-,51+,52+,53-,54-,55+/m1/s1. The largest absolute Gasteiger partial charge is 0.456 e. The Hall–Kier alpha value is -2.09.